The Morgan fingerprint density at radius 3 is 3.00 bits per heavy atom. The number of anilines is 1. The van der Waals surface area contributed by atoms with Crippen molar-refractivity contribution in [1.82, 2.24) is 10.3 Å². The molecule has 1 saturated carbocycles. The van der Waals surface area contributed by atoms with Crippen LogP contribution in [0.25, 0.3) is 0 Å². The lowest BCUT2D eigenvalue weighted by Crippen LogP contribution is -2.29. The molecule has 0 aromatic carbocycles. The van der Waals surface area contributed by atoms with Gasteiger partial charge in [-0.1, -0.05) is 0 Å². The highest BCUT2D eigenvalue weighted by Gasteiger charge is 2.36. The van der Waals surface area contributed by atoms with Gasteiger partial charge in [0.2, 0.25) is 0 Å². The first kappa shape index (κ1) is 8.97. The molecular formula is C9H15N3S. The van der Waals surface area contributed by atoms with Crippen LogP contribution in [0.3, 0.4) is 0 Å². The average Bonchev–Trinajstić information content (AvgIpc) is 2.65. The lowest BCUT2D eigenvalue weighted by Gasteiger charge is -2.09. The standard InChI is InChI=1S/C9H15N3S/c1-9(3-4-9)11-5-2-7-6-13-8(10)12-7/h6,11H,2-5H2,1H3,(H2,10,12). The number of thiazole rings is 1. The molecule has 2 rings (SSSR count). The first-order valence-corrected chi connectivity index (χ1v) is 5.51. The van der Waals surface area contributed by atoms with Gasteiger partial charge >= 0.3 is 0 Å². The highest BCUT2D eigenvalue weighted by atomic mass is 32.1. The Balaban J connectivity index is 1.73. The smallest absolute Gasteiger partial charge is 0.180 e. The lowest BCUT2D eigenvalue weighted by molar-refractivity contribution is 0.539. The third-order valence-electron chi connectivity index (χ3n) is 2.50. The lowest BCUT2D eigenvalue weighted by atomic mass is 10.3. The van der Waals surface area contributed by atoms with Gasteiger partial charge in [-0.25, -0.2) is 4.98 Å². The third-order valence-corrected chi connectivity index (χ3v) is 3.23. The fourth-order valence-electron chi connectivity index (χ4n) is 1.29. The van der Waals surface area contributed by atoms with Gasteiger partial charge in [-0.05, 0) is 19.8 Å². The second kappa shape index (κ2) is 3.27. The molecule has 72 valence electrons. The fourth-order valence-corrected chi connectivity index (χ4v) is 1.89. The minimum Gasteiger partial charge on any atom is -0.375 e. The Kier molecular flexibility index (Phi) is 2.26. The van der Waals surface area contributed by atoms with Gasteiger partial charge in [0.15, 0.2) is 5.13 Å². The highest BCUT2D eigenvalue weighted by molar-refractivity contribution is 7.13. The number of nitrogen functional groups attached to an aromatic ring is 1. The van der Waals surface area contributed by atoms with Gasteiger partial charge < -0.3 is 11.1 Å². The molecule has 13 heavy (non-hydrogen) atoms. The normalized spacial score (nSPS) is 18.8. The zero-order valence-corrected chi connectivity index (χ0v) is 8.66. The molecule has 1 heterocycles. The molecule has 3 nitrogen and oxygen atoms in total. The van der Waals surface area contributed by atoms with Crippen LogP contribution in [0.2, 0.25) is 0 Å². The summed E-state index contributed by atoms with van der Waals surface area (Å²) in [7, 11) is 0. The van der Waals surface area contributed by atoms with Gasteiger partial charge in [0, 0.05) is 23.9 Å². The van der Waals surface area contributed by atoms with Crippen molar-refractivity contribution < 1.29 is 0 Å². The van der Waals surface area contributed by atoms with E-state index in [1.807, 2.05) is 5.38 Å². The van der Waals surface area contributed by atoms with Gasteiger partial charge in [-0.2, -0.15) is 0 Å². The molecule has 0 amide bonds. The summed E-state index contributed by atoms with van der Waals surface area (Å²) in [6.45, 7) is 3.28. The fraction of sp³-hybridized carbons (Fsp3) is 0.667. The second-order valence-corrected chi connectivity index (χ2v) is 4.80. The molecule has 0 atom stereocenters. The van der Waals surface area contributed by atoms with Crippen molar-refractivity contribution in [2.24, 2.45) is 0 Å². The molecule has 3 N–H and O–H groups in total. The number of nitrogens with two attached hydrogens (primary N) is 1. The Morgan fingerprint density at radius 2 is 2.46 bits per heavy atom. The topological polar surface area (TPSA) is 50.9 Å². The molecule has 1 fully saturated rings. The maximum atomic E-state index is 5.54. The average molecular weight is 197 g/mol. The predicted octanol–water partition coefficient (Wildman–Crippen LogP) is 1.41. The van der Waals surface area contributed by atoms with Crippen LogP contribution in [-0.4, -0.2) is 17.1 Å². The van der Waals surface area contributed by atoms with Crippen LogP contribution < -0.4 is 11.1 Å². The van der Waals surface area contributed by atoms with E-state index in [-0.39, 0.29) is 0 Å². The van der Waals surface area contributed by atoms with E-state index in [1.54, 1.807) is 0 Å². The summed E-state index contributed by atoms with van der Waals surface area (Å²) in [5, 5.41) is 6.22. The largest absolute Gasteiger partial charge is 0.375 e. The van der Waals surface area contributed by atoms with Crippen LogP contribution in [0.4, 0.5) is 5.13 Å². The van der Waals surface area contributed by atoms with Gasteiger partial charge in [0.1, 0.15) is 0 Å². The number of aromatic nitrogens is 1. The third kappa shape index (κ3) is 2.42. The molecule has 1 aromatic rings. The zero-order valence-electron chi connectivity index (χ0n) is 7.84. The van der Waals surface area contributed by atoms with Crippen molar-refractivity contribution in [3.8, 4) is 0 Å². The summed E-state index contributed by atoms with van der Waals surface area (Å²) >= 11 is 1.52. The van der Waals surface area contributed by atoms with Gasteiger partial charge in [0.05, 0.1) is 5.69 Å². The Morgan fingerprint density at radius 1 is 1.69 bits per heavy atom. The second-order valence-electron chi connectivity index (χ2n) is 3.91. The summed E-state index contributed by atoms with van der Waals surface area (Å²) in [6.07, 6.45) is 3.61. The summed E-state index contributed by atoms with van der Waals surface area (Å²) < 4.78 is 0. The van der Waals surface area contributed by atoms with Crippen molar-refractivity contribution in [2.45, 2.75) is 31.7 Å². The van der Waals surface area contributed by atoms with E-state index in [0.29, 0.717) is 10.7 Å². The maximum Gasteiger partial charge on any atom is 0.180 e. The van der Waals surface area contributed by atoms with E-state index in [4.69, 9.17) is 5.73 Å². The number of hydrogen-bond acceptors (Lipinski definition) is 4. The quantitative estimate of drug-likeness (QED) is 0.767. The first-order chi connectivity index (χ1) is 6.18. The summed E-state index contributed by atoms with van der Waals surface area (Å²) in [4.78, 5) is 4.21. The molecule has 1 aliphatic carbocycles. The number of hydrogen-bond donors (Lipinski definition) is 2. The van der Waals surface area contributed by atoms with E-state index in [9.17, 15) is 0 Å². The van der Waals surface area contributed by atoms with E-state index in [0.717, 1.165) is 18.7 Å². The predicted molar refractivity (Wildman–Crippen MR) is 55.9 cm³/mol. The van der Waals surface area contributed by atoms with Crippen LogP contribution in [-0.2, 0) is 6.42 Å². The van der Waals surface area contributed by atoms with Gasteiger partial charge in [-0.3, -0.25) is 0 Å². The molecule has 1 aliphatic rings. The minimum atomic E-state index is 0.432. The number of nitrogens with one attached hydrogen (secondary N) is 1. The summed E-state index contributed by atoms with van der Waals surface area (Å²) in [6, 6.07) is 0. The summed E-state index contributed by atoms with van der Waals surface area (Å²) in [5.74, 6) is 0. The van der Waals surface area contributed by atoms with E-state index < -0.39 is 0 Å². The van der Waals surface area contributed by atoms with E-state index in [2.05, 4.69) is 17.2 Å². The molecule has 4 heteroatoms. The number of rotatable bonds is 4. The molecule has 1 aromatic heterocycles. The van der Waals surface area contributed by atoms with Crippen molar-refractivity contribution in [3.63, 3.8) is 0 Å². The van der Waals surface area contributed by atoms with Crippen molar-refractivity contribution in [2.75, 3.05) is 12.3 Å². The molecule has 0 bridgehead atoms. The number of nitrogens with zero attached hydrogens (tertiary/aromatic N) is 1. The summed E-state index contributed by atoms with van der Waals surface area (Å²) in [5.41, 5.74) is 7.08. The van der Waals surface area contributed by atoms with Crippen molar-refractivity contribution in [1.29, 1.82) is 0 Å². The highest BCUT2D eigenvalue weighted by Crippen LogP contribution is 2.33. The zero-order chi connectivity index (χ0) is 9.31. The van der Waals surface area contributed by atoms with Crippen LogP contribution >= 0.6 is 11.3 Å². The minimum absolute atomic E-state index is 0.432. The Labute approximate surface area is 82.4 Å². The van der Waals surface area contributed by atoms with Crippen LogP contribution in [0.1, 0.15) is 25.5 Å². The van der Waals surface area contributed by atoms with E-state index in [1.165, 1.54) is 24.2 Å². The van der Waals surface area contributed by atoms with Crippen LogP contribution in [0.5, 0.6) is 0 Å². The molecule has 0 saturated heterocycles. The Hall–Kier alpha value is -0.610. The molecule has 0 unspecified atom stereocenters. The maximum absolute atomic E-state index is 5.54. The Bertz CT molecular complexity index is 291. The van der Waals surface area contributed by atoms with Gasteiger partial charge in [0.25, 0.3) is 0 Å². The van der Waals surface area contributed by atoms with Gasteiger partial charge in [-0.15, -0.1) is 11.3 Å². The monoisotopic (exact) mass is 197 g/mol. The van der Waals surface area contributed by atoms with Crippen molar-refractivity contribution >= 4 is 16.5 Å². The van der Waals surface area contributed by atoms with Crippen LogP contribution in [0.15, 0.2) is 5.38 Å². The molecular weight excluding hydrogens is 182 g/mol. The SMILES string of the molecule is CC1(NCCc2csc(N)n2)CC1. The molecule has 0 spiro atoms. The van der Waals surface area contributed by atoms with E-state index >= 15 is 0 Å². The molecule has 0 aliphatic heterocycles. The first-order valence-electron chi connectivity index (χ1n) is 4.63. The van der Waals surface area contributed by atoms with Crippen LogP contribution in [0, 0.1) is 0 Å². The molecule has 0 radical (unpaired) electrons. The van der Waals surface area contributed by atoms with Crippen molar-refractivity contribution in [3.05, 3.63) is 11.1 Å².